The van der Waals surface area contributed by atoms with Crippen molar-refractivity contribution >= 4 is 12.9 Å². The first-order valence-corrected chi connectivity index (χ1v) is 8.27. The fraction of sp³-hybridized carbons (Fsp3) is 0.571. The van der Waals surface area contributed by atoms with E-state index >= 15 is 0 Å². The highest BCUT2D eigenvalue weighted by atomic mass is 31.2. The van der Waals surface area contributed by atoms with Gasteiger partial charge in [-0.3, -0.25) is 4.57 Å². The quantitative estimate of drug-likeness (QED) is 0.588. The molecule has 0 fully saturated rings. The lowest BCUT2D eigenvalue weighted by molar-refractivity contribution is 0.386. The summed E-state index contributed by atoms with van der Waals surface area (Å²) >= 11 is 0. The fourth-order valence-electron chi connectivity index (χ4n) is 2.32. The second-order valence-corrected chi connectivity index (χ2v) is 6.27. The Kier molecular flexibility index (Phi) is 6.07. The van der Waals surface area contributed by atoms with E-state index in [4.69, 9.17) is 0 Å². The average molecular weight is 270 g/mol. The van der Waals surface area contributed by atoms with Crippen molar-refractivity contribution in [2.75, 3.05) is 0 Å². The highest BCUT2D eigenvalue weighted by molar-refractivity contribution is 7.60. The van der Waals surface area contributed by atoms with Gasteiger partial charge in [0.1, 0.15) is 0 Å². The highest BCUT2D eigenvalue weighted by Gasteiger charge is 2.24. The summed E-state index contributed by atoms with van der Waals surface area (Å²) in [5, 5.41) is 0.202. The van der Waals surface area contributed by atoms with Gasteiger partial charge in [-0.15, -0.1) is 0 Å². The molecular formula is C14H23O3P. The molecule has 0 saturated carbocycles. The predicted molar refractivity (Wildman–Crippen MR) is 75.3 cm³/mol. The number of unbranched alkanes of at least 4 members (excludes halogenated alkanes) is 2. The molecule has 1 rings (SSSR count). The maximum Gasteiger partial charge on any atom is 0.356 e. The van der Waals surface area contributed by atoms with Crippen LogP contribution in [0.25, 0.3) is 0 Å². The number of hydrogen-bond donors (Lipinski definition) is 2. The summed E-state index contributed by atoms with van der Waals surface area (Å²) in [6.07, 6.45) is 5.37. The summed E-state index contributed by atoms with van der Waals surface area (Å²) in [5.74, 6) is 0.250. The Morgan fingerprint density at radius 1 is 1.17 bits per heavy atom. The zero-order chi connectivity index (χ0) is 13.6. The van der Waals surface area contributed by atoms with Gasteiger partial charge in [0.05, 0.1) is 5.30 Å². The Morgan fingerprint density at radius 3 is 2.39 bits per heavy atom. The zero-order valence-corrected chi connectivity index (χ0v) is 12.1. The van der Waals surface area contributed by atoms with Gasteiger partial charge < -0.3 is 9.79 Å². The molecular weight excluding hydrogens is 247 g/mol. The third-order valence-corrected chi connectivity index (χ3v) is 4.37. The Morgan fingerprint density at radius 2 is 1.83 bits per heavy atom. The minimum atomic E-state index is -4.16. The van der Waals surface area contributed by atoms with Crippen LogP contribution in [0.15, 0.2) is 24.3 Å². The normalized spacial score (nSPS) is 13.6. The molecule has 1 atom stereocenters. The summed E-state index contributed by atoms with van der Waals surface area (Å²) in [6, 6.07) is 6.96. The van der Waals surface area contributed by atoms with Gasteiger partial charge in [-0.05, 0) is 30.4 Å². The maximum absolute atomic E-state index is 11.5. The number of benzene rings is 1. The molecule has 102 valence electrons. The van der Waals surface area contributed by atoms with Crippen molar-refractivity contribution in [2.24, 2.45) is 0 Å². The summed E-state index contributed by atoms with van der Waals surface area (Å²) < 4.78 is 11.5. The van der Waals surface area contributed by atoms with E-state index in [0.29, 0.717) is 0 Å². The van der Waals surface area contributed by atoms with Gasteiger partial charge in [0.15, 0.2) is 0 Å². The van der Waals surface area contributed by atoms with E-state index in [0.717, 1.165) is 31.2 Å². The van der Waals surface area contributed by atoms with Crippen molar-refractivity contribution in [3.63, 3.8) is 0 Å². The van der Waals surface area contributed by atoms with Crippen LogP contribution in [-0.4, -0.2) is 9.79 Å². The van der Waals surface area contributed by atoms with E-state index in [9.17, 15) is 14.4 Å². The highest BCUT2D eigenvalue weighted by Crippen LogP contribution is 2.38. The second kappa shape index (κ2) is 7.08. The summed E-state index contributed by atoms with van der Waals surface area (Å²) in [4.78, 5) is 18.8. The van der Waals surface area contributed by atoms with Gasteiger partial charge in [-0.2, -0.15) is 0 Å². The van der Waals surface area contributed by atoms with Crippen LogP contribution in [-0.2, 0) is 4.57 Å². The minimum absolute atomic E-state index is 0.202. The van der Waals surface area contributed by atoms with Crippen molar-refractivity contribution in [1.29, 1.82) is 0 Å². The maximum atomic E-state index is 11.5. The first-order chi connectivity index (χ1) is 8.50. The second-order valence-electron chi connectivity index (χ2n) is 4.70. The predicted octanol–water partition coefficient (Wildman–Crippen LogP) is 3.56. The minimum Gasteiger partial charge on any atom is -0.321 e. The first-order valence-electron chi connectivity index (χ1n) is 6.65. The molecule has 4 heteroatoms. The van der Waals surface area contributed by atoms with E-state index in [2.05, 4.69) is 13.8 Å². The van der Waals surface area contributed by atoms with Crippen LogP contribution in [0.5, 0.6) is 0 Å². The molecule has 0 saturated heterocycles. The van der Waals surface area contributed by atoms with E-state index in [1.165, 1.54) is 6.42 Å². The van der Waals surface area contributed by atoms with Crippen molar-refractivity contribution in [1.82, 2.24) is 0 Å². The van der Waals surface area contributed by atoms with Crippen LogP contribution in [0.2, 0.25) is 0 Å². The largest absolute Gasteiger partial charge is 0.356 e. The zero-order valence-electron chi connectivity index (χ0n) is 11.2. The van der Waals surface area contributed by atoms with Crippen molar-refractivity contribution in [3.8, 4) is 0 Å². The first kappa shape index (κ1) is 15.4. The molecule has 0 aliphatic heterocycles. The van der Waals surface area contributed by atoms with Gasteiger partial charge in [0, 0.05) is 0 Å². The van der Waals surface area contributed by atoms with Gasteiger partial charge in [0.25, 0.3) is 0 Å². The third kappa shape index (κ3) is 4.24. The summed E-state index contributed by atoms with van der Waals surface area (Å²) in [5.41, 5.74) is 0.824. The van der Waals surface area contributed by atoms with E-state index in [1.807, 2.05) is 12.1 Å². The Balaban J connectivity index is 2.95. The molecule has 18 heavy (non-hydrogen) atoms. The molecule has 0 aromatic heterocycles. The number of hydrogen-bond acceptors (Lipinski definition) is 1. The standard InChI is InChI=1S/C14H23O3P/c1-3-5-6-9-12(4-2)13-10-7-8-11-14(13)18(15,16)17/h7-8,10-12H,3-6,9H2,1-2H3,(H2,15,16,17). The third-order valence-electron chi connectivity index (χ3n) is 3.34. The van der Waals surface area contributed by atoms with Crippen LogP contribution in [0.3, 0.4) is 0 Å². The van der Waals surface area contributed by atoms with Crippen LogP contribution >= 0.6 is 7.60 Å². The molecule has 1 aromatic rings. The SMILES string of the molecule is CCCCCC(CC)c1ccccc1P(=O)(O)O. The van der Waals surface area contributed by atoms with E-state index in [-0.39, 0.29) is 11.2 Å². The molecule has 0 amide bonds. The summed E-state index contributed by atoms with van der Waals surface area (Å²) in [7, 11) is -4.16. The lowest BCUT2D eigenvalue weighted by Crippen LogP contribution is -2.14. The van der Waals surface area contributed by atoms with E-state index < -0.39 is 7.60 Å². The molecule has 1 aromatic carbocycles. The van der Waals surface area contributed by atoms with Gasteiger partial charge in [-0.25, -0.2) is 0 Å². The van der Waals surface area contributed by atoms with Crippen LogP contribution in [0.4, 0.5) is 0 Å². The van der Waals surface area contributed by atoms with Gasteiger partial charge in [-0.1, -0.05) is 51.3 Å². The molecule has 0 radical (unpaired) electrons. The van der Waals surface area contributed by atoms with Gasteiger partial charge >= 0.3 is 7.60 Å². The van der Waals surface area contributed by atoms with Crippen molar-refractivity contribution in [3.05, 3.63) is 29.8 Å². The molecule has 3 nitrogen and oxygen atoms in total. The lowest BCUT2D eigenvalue weighted by atomic mass is 9.91. The Hall–Kier alpha value is -0.630. The molecule has 1 unspecified atom stereocenters. The Labute approximate surface area is 109 Å². The van der Waals surface area contributed by atoms with Crippen molar-refractivity contribution < 1.29 is 14.4 Å². The topological polar surface area (TPSA) is 57.5 Å². The fourth-order valence-corrected chi connectivity index (χ4v) is 3.19. The van der Waals surface area contributed by atoms with Crippen molar-refractivity contribution in [2.45, 2.75) is 51.9 Å². The molecule has 0 aliphatic rings. The van der Waals surface area contributed by atoms with Crippen LogP contribution < -0.4 is 5.30 Å². The average Bonchev–Trinajstić information content (AvgIpc) is 2.34. The molecule has 0 aliphatic carbocycles. The molecule has 0 spiro atoms. The van der Waals surface area contributed by atoms with E-state index in [1.54, 1.807) is 12.1 Å². The molecule has 0 bridgehead atoms. The van der Waals surface area contributed by atoms with Gasteiger partial charge in [0.2, 0.25) is 0 Å². The number of rotatable bonds is 7. The monoisotopic (exact) mass is 270 g/mol. The van der Waals surface area contributed by atoms with Crippen LogP contribution in [0.1, 0.15) is 57.4 Å². The smallest absolute Gasteiger partial charge is 0.321 e. The molecule has 0 heterocycles. The molecule has 2 N–H and O–H groups in total. The Bertz CT molecular complexity index is 411. The lowest BCUT2D eigenvalue weighted by Gasteiger charge is -2.19. The summed E-state index contributed by atoms with van der Waals surface area (Å²) in [6.45, 7) is 4.23. The van der Waals surface area contributed by atoms with Crippen LogP contribution in [0, 0.1) is 0 Å².